The lowest BCUT2D eigenvalue weighted by Gasteiger charge is -2.22. The van der Waals surface area contributed by atoms with Crippen molar-refractivity contribution in [2.75, 3.05) is 6.54 Å². The van der Waals surface area contributed by atoms with Crippen molar-refractivity contribution in [3.63, 3.8) is 0 Å². The van der Waals surface area contributed by atoms with Crippen molar-refractivity contribution >= 4 is 40.2 Å². The van der Waals surface area contributed by atoms with Crippen molar-refractivity contribution < 1.29 is 14.4 Å². The topological polar surface area (TPSA) is 127 Å². The van der Waals surface area contributed by atoms with Gasteiger partial charge in [-0.3, -0.25) is 14.4 Å². The van der Waals surface area contributed by atoms with Gasteiger partial charge in [-0.2, -0.15) is 5.26 Å². The standard InChI is InChI=1S/C22H26ClN5O3/c1-12(2)8-17(21(30)26-15(11-24)9-14-6-7-25-20(14)29)28-22(31)18-10-13-4-3-5-16(23)19(13)27-18/h3-5,10,12,14-15,17,27H,6-9H2,1-2H3,(H,25,29)(H,26,30)(H,28,31)/t14-,15-,17-/m0/s1. The fourth-order valence-corrected chi connectivity index (χ4v) is 3.98. The zero-order chi connectivity index (χ0) is 22.5. The van der Waals surface area contributed by atoms with Crippen LogP contribution in [-0.2, 0) is 9.59 Å². The van der Waals surface area contributed by atoms with Crippen LogP contribution in [0, 0.1) is 23.2 Å². The Morgan fingerprint density at radius 1 is 1.32 bits per heavy atom. The Morgan fingerprint density at radius 3 is 2.71 bits per heavy atom. The molecule has 4 N–H and O–H groups in total. The Balaban J connectivity index is 1.70. The minimum atomic E-state index is -0.817. The highest BCUT2D eigenvalue weighted by atomic mass is 35.5. The predicted octanol–water partition coefficient (Wildman–Crippen LogP) is 2.50. The highest BCUT2D eigenvalue weighted by molar-refractivity contribution is 6.35. The van der Waals surface area contributed by atoms with E-state index in [9.17, 15) is 19.6 Å². The first-order chi connectivity index (χ1) is 14.8. The summed E-state index contributed by atoms with van der Waals surface area (Å²) in [7, 11) is 0. The predicted molar refractivity (Wildman–Crippen MR) is 117 cm³/mol. The number of rotatable bonds is 8. The van der Waals surface area contributed by atoms with Crippen molar-refractivity contribution in [1.29, 1.82) is 5.26 Å². The Kier molecular flexibility index (Phi) is 7.18. The van der Waals surface area contributed by atoms with E-state index in [1.807, 2.05) is 19.9 Å². The Morgan fingerprint density at radius 2 is 2.10 bits per heavy atom. The summed E-state index contributed by atoms with van der Waals surface area (Å²) >= 11 is 6.17. The van der Waals surface area contributed by atoms with Gasteiger partial charge in [0.1, 0.15) is 17.8 Å². The van der Waals surface area contributed by atoms with Gasteiger partial charge in [-0.15, -0.1) is 0 Å². The number of benzene rings is 1. The molecule has 3 amide bonds. The van der Waals surface area contributed by atoms with Crippen LogP contribution < -0.4 is 16.0 Å². The molecule has 0 radical (unpaired) electrons. The molecule has 1 saturated heterocycles. The molecular weight excluding hydrogens is 418 g/mol. The third-order valence-electron chi connectivity index (χ3n) is 5.33. The summed E-state index contributed by atoms with van der Waals surface area (Å²) in [5, 5.41) is 18.9. The van der Waals surface area contributed by atoms with E-state index < -0.39 is 23.9 Å². The van der Waals surface area contributed by atoms with Gasteiger partial charge in [0.25, 0.3) is 5.91 Å². The summed E-state index contributed by atoms with van der Waals surface area (Å²) in [6.45, 7) is 4.47. The first kappa shape index (κ1) is 22.6. The largest absolute Gasteiger partial charge is 0.356 e. The first-order valence-corrected chi connectivity index (χ1v) is 10.7. The van der Waals surface area contributed by atoms with E-state index in [-0.39, 0.29) is 24.2 Å². The molecule has 31 heavy (non-hydrogen) atoms. The average Bonchev–Trinajstić information content (AvgIpc) is 3.33. The van der Waals surface area contributed by atoms with Crippen molar-refractivity contribution in [3.8, 4) is 6.07 Å². The summed E-state index contributed by atoms with van der Waals surface area (Å²) in [5.74, 6) is -1.13. The van der Waals surface area contributed by atoms with Crippen LogP contribution in [0.4, 0.5) is 0 Å². The smallest absolute Gasteiger partial charge is 0.268 e. The number of aromatic nitrogens is 1. The highest BCUT2D eigenvalue weighted by Gasteiger charge is 2.30. The normalized spacial score (nSPS) is 17.8. The summed E-state index contributed by atoms with van der Waals surface area (Å²) in [5.41, 5.74) is 0.947. The van der Waals surface area contributed by atoms with Crippen LogP contribution >= 0.6 is 11.6 Å². The second-order valence-electron chi connectivity index (χ2n) is 8.25. The number of halogens is 1. The quantitative estimate of drug-likeness (QED) is 0.499. The van der Waals surface area contributed by atoms with Crippen LogP contribution in [-0.4, -0.2) is 41.3 Å². The van der Waals surface area contributed by atoms with Crippen LogP contribution in [0.1, 0.15) is 43.6 Å². The molecule has 9 heteroatoms. The van der Waals surface area contributed by atoms with E-state index in [0.717, 1.165) is 5.39 Å². The summed E-state index contributed by atoms with van der Waals surface area (Å²) < 4.78 is 0. The number of hydrogen-bond donors (Lipinski definition) is 4. The van der Waals surface area contributed by atoms with Crippen molar-refractivity contribution in [2.24, 2.45) is 11.8 Å². The molecule has 1 aliphatic heterocycles. The molecule has 0 unspecified atom stereocenters. The summed E-state index contributed by atoms with van der Waals surface area (Å²) in [6.07, 6.45) is 1.29. The zero-order valence-corrected chi connectivity index (χ0v) is 18.3. The minimum absolute atomic E-state index is 0.0981. The molecule has 8 nitrogen and oxygen atoms in total. The molecule has 2 aromatic rings. The van der Waals surface area contributed by atoms with E-state index in [0.29, 0.717) is 35.6 Å². The van der Waals surface area contributed by atoms with E-state index >= 15 is 0 Å². The second-order valence-corrected chi connectivity index (χ2v) is 8.65. The monoisotopic (exact) mass is 443 g/mol. The highest BCUT2D eigenvalue weighted by Crippen LogP contribution is 2.23. The third-order valence-corrected chi connectivity index (χ3v) is 5.65. The average molecular weight is 444 g/mol. The third kappa shape index (κ3) is 5.56. The van der Waals surface area contributed by atoms with Gasteiger partial charge in [0.05, 0.1) is 16.6 Å². The van der Waals surface area contributed by atoms with Crippen LogP contribution in [0.25, 0.3) is 10.9 Å². The maximum Gasteiger partial charge on any atom is 0.268 e. The van der Waals surface area contributed by atoms with Crippen LogP contribution in [0.5, 0.6) is 0 Å². The number of carbonyl (C=O) groups is 3. The number of nitriles is 1. The fraction of sp³-hybridized carbons (Fsp3) is 0.455. The minimum Gasteiger partial charge on any atom is -0.356 e. The summed E-state index contributed by atoms with van der Waals surface area (Å²) in [6, 6.07) is 7.46. The lowest BCUT2D eigenvalue weighted by atomic mass is 9.98. The number of aromatic amines is 1. The van der Waals surface area contributed by atoms with Gasteiger partial charge in [0, 0.05) is 17.8 Å². The molecule has 0 saturated carbocycles. The SMILES string of the molecule is CC(C)C[C@H](NC(=O)c1cc2cccc(Cl)c2[nH]1)C(=O)N[C@H](C#N)C[C@@H]1CCNC1=O. The molecule has 1 aliphatic rings. The number of nitrogens with one attached hydrogen (secondary N) is 4. The van der Waals surface area contributed by atoms with E-state index in [2.05, 4.69) is 27.0 Å². The Labute approximate surface area is 185 Å². The number of carbonyl (C=O) groups excluding carboxylic acids is 3. The number of nitrogens with zero attached hydrogens (tertiary/aromatic N) is 1. The van der Waals surface area contributed by atoms with Gasteiger partial charge in [-0.1, -0.05) is 37.6 Å². The lowest BCUT2D eigenvalue weighted by molar-refractivity contribution is -0.125. The van der Waals surface area contributed by atoms with E-state index in [4.69, 9.17) is 11.6 Å². The fourth-order valence-electron chi connectivity index (χ4n) is 3.75. The van der Waals surface area contributed by atoms with Gasteiger partial charge in [0.2, 0.25) is 11.8 Å². The number of hydrogen-bond acceptors (Lipinski definition) is 4. The van der Waals surface area contributed by atoms with Crippen molar-refractivity contribution in [3.05, 3.63) is 35.0 Å². The molecule has 1 aromatic carbocycles. The molecular formula is C22H26ClN5O3. The molecule has 3 atom stereocenters. The van der Waals surface area contributed by atoms with Gasteiger partial charge < -0.3 is 20.9 Å². The van der Waals surface area contributed by atoms with E-state index in [1.165, 1.54) is 0 Å². The molecule has 0 bridgehead atoms. The van der Waals surface area contributed by atoms with Crippen molar-refractivity contribution in [2.45, 2.75) is 45.2 Å². The van der Waals surface area contributed by atoms with E-state index in [1.54, 1.807) is 18.2 Å². The molecule has 0 aliphatic carbocycles. The number of H-pyrrole nitrogens is 1. The van der Waals surface area contributed by atoms with Crippen molar-refractivity contribution in [1.82, 2.24) is 20.9 Å². The molecule has 0 spiro atoms. The van der Waals surface area contributed by atoms with Gasteiger partial charge >= 0.3 is 0 Å². The molecule has 1 aromatic heterocycles. The first-order valence-electron chi connectivity index (χ1n) is 10.3. The summed E-state index contributed by atoms with van der Waals surface area (Å²) in [4.78, 5) is 40.5. The lowest BCUT2D eigenvalue weighted by Crippen LogP contribution is -2.50. The van der Waals surface area contributed by atoms with Crippen LogP contribution in [0.3, 0.4) is 0 Å². The van der Waals surface area contributed by atoms with Gasteiger partial charge in [-0.05, 0) is 37.3 Å². The number of para-hydroxylation sites is 1. The number of amides is 3. The zero-order valence-electron chi connectivity index (χ0n) is 17.5. The Hall–Kier alpha value is -3.05. The molecule has 3 rings (SSSR count). The maximum atomic E-state index is 12.9. The van der Waals surface area contributed by atoms with Crippen LogP contribution in [0.2, 0.25) is 5.02 Å². The molecule has 2 heterocycles. The van der Waals surface area contributed by atoms with Gasteiger partial charge in [0.15, 0.2) is 0 Å². The Bertz CT molecular complexity index is 1030. The number of fused-ring (bicyclic) bond motifs is 1. The van der Waals surface area contributed by atoms with Gasteiger partial charge in [-0.25, -0.2) is 0 Å². The molecule has 164 valence electrons. The maximum absolute atomic E-state index is 12.9. The second kappa shape index (κ2) is 9.84. The van der Waals surface area contributed by atoms with Crippen LogP contribution in [0.15, 0.2) is 24.3 Å². The molecule has 1 fully saturated rings.